The molecule has 0 radical (unpaired) electrons. The summed E-state index contributed by atoms with van der Waals surface area (Å²) in [5.74, 6) is -2.38. The van der Waals surface area contributed by atoms with Gasteiger partial charge in [-0.3, -0.25) is 9.59 Å². The van der Waals surface area contributed by atoms with E-state index in [0.29, 0.717) is 16.8 Å². The summed E-state index contributed by atoms with van der Waals surface area (Å²) < 4.78 is 36.6. The lowest BCUT2D eigenvalue weighted by Gasteiger charge is -2.12. The molecule has 0 saturated carbocycles. The average molecular weight is 322 g/mol. The van der Waals surface area contributed by atoms with Gasteiger partial charge in [0.25, 0.3) is 5.91 Å². The number of hydrogen-bond donors (Lipinski definition) is 2. The number of rotatable bonds is 3. The molecule has 0 heterocycles. The van der Waals surface area contributed by atoms with Gasteiger partial charge in [0.05, 0.1) is 0 Å². The summed E-state index contributed by atoms with van der Waals surface area (Å²) in [5.41, 5.74) is 1.43. The van der Waals surface area contributed by atoms with Gasteiger partial charge in [0.1, 0.15) is 0 Å². The Morgan fingerprint density at radius 2 is 1.61 bits per heavy atom. The third kappa shape index (κ3) is 4.32. The van der Waals surface area contributed by atoms with Crippen LogP contribution in [0, 0.1) is 6.92 Å². The maximum absolute atomic E-state index is 12.2. The summed E-state index contributed by atoms with van der Waals surface area (Å²) in [5, 5.41) is 4.42. The molecule has 2 aromatic rings. The monoisotopic (exact) mass is 322 g/mol. The molecular formula is C16H13F3N2O2. The smallest absolute Gasteiger partial charge is 0.322 e. The summed E-state index contributed by atoms with van der Waals surface area (Å²) in [6.45, 7) is 1.61. The first-order chi connectivity index (χ1) is 10.8. The number of halogens is 3. The topological polar surface area (TPSA) is 58.2 Å². The Bertz CT molecular complexity index is 728. The van der Waals surface area contributed by atoms with Crippen LogP contribution in [0.3, 0.4) is 0 Å². The molecular weight excluding hydrogens is 309 g/mol. The molecule has 2 aromatic carbocycles. The Morgan fingerprint density at radius 1 is 0.957 bits per heavy atom. The molecule has 0 bridgehead atoms. The lowest BCUT2D eigenvalue weighted by atomic mass is 10.1. The van der Waals surface area contributed by atoms with Crippen LogP contribution in [0.15, 0.2) is 48.5 Å². The number of amides is 2. The molecule has 2 amide bonds. The van der Waals surface area contributed by atoms with Crippen LogP contribution in [0.4, 0.5) is 24.5 Å². The van der Waals surface area contributed by atoms with Crippen LogP contribution in [-0.4, -0.2) is 18.0 Å². The van der Waals surface area contributed by atoms with Gasteiger partial charge in [-0.2, -0.15) is 13.2 Å². The summed E-state index contributed by atoms with van der Waals surface area (Å²) >= 11 is 0. The van der Waals surface area contributed by atoms with E-state index in [9.17, 15) is 22.8 Å². The van der Waals surface area contributed by atoms with E-state index in [-0.39, 0.29) is 11.6 Å². The van der Waals surface area contributed by atoms with E-state index in [1.54, 1.807) is 42.6 Å². The zero-order valence-electron chi connectivity index (χ0n) is 12.1. The fourth-order valence-electron chi connectivity index (χ4n) is 1.87. The molecule has 7 heteroatoms. The van der Waals surface area contributed by atoms with Gasteiger partial charge in [-0.05, 0) is 42.8 Å². The first kappa shape index (κ1) is 16.5. The van der Waals surface area contributed by atoms with Crippen molar-refractivity contribution in [1.29, 1.82) is 0 Å². The Morgan fingerprint density at radius 3 is 2.17 bits per heavy atom. The Labute approximate surface area is 130 Å². The van der Waals surface area contributed by atoms with Gasteiger partial charge in [-0.15, -0.1) is 0 Å². The van der Waals surface area contributed by atoms with Crippen LogP contribution in [-0.2, 0) is 4.79 Å². The highest BCUT2D eigenvalue weighted by atomic mass is 19.4. The Hall–Kier alpha value is -2.83. The quantitative estimate of drug-likeness (QED) is 0.904. The second kappa shape index (κ2) is 6.51. The molecule has 0 atom stereocenters. The second-order valence-corrected chi connectivity index (χ2v) is 4.80. The minimum Gasteiger partial charge on any atom is -0.322 e. The standard InChI is InChI=1S/C16H13F3N2O2/c1-10-9-12(20-15(23)16(17,18)19)7-8-13(10)21-14(22)11-5-3-2-4-6-11/h2-9H,1H3,(H,20,23)(H,21,22). The van der Waals surface area contributed by atoms with E-state index in [1.807, 2.05) is 0 Å². The van der Waals surface area contributed by atoms with Crippen LogP contribution in [0.5, 0.6) is 0 Å². The maximum Gasteiger partial charge on any atom is 0.471 e. The molecule has 4 nitrogen and oxygen atoms in total. The normalized spacial score (nSPS) is 11.0. The third-order valence-corrected chi connectivity index (χ3v) is 3.03. The molecule has 0 aliphatic rings. The van der Waals surface area contributed by atoms with Gasteiger partial charge in [0.15, 0.2) is 0 Å². The molecule has 23 heavy (non-hydrogen) atoms. The van der Waals surface area contributed by atoms with Gasteiger partial charge in [-0.25, -0.2) is 0 Å². The van der Waals surface area contributed by atoms with Gasteiger partial charge < -0.3 is 10.6 Å². The zero-order chi connectivity index (χ0) is 17.0. The van der Waals surface area contributed by atoms with Crippen molar-refractivity contribution in [3.63, 3.8) is 0 Å². The number of benzene rings is 2. The number of carbonyl (C=O) groups is 2. The number of anilines is 2. The summed E-state index contributed by atoms with van der Waals surface area (Å²) in [7, 11) is 0. The first-order valence-electron chi connectivity index (χ1n) is 6.62. The van der Waals surface area contributed by atoms with E-state index < -0.39 is 12.1 Å². The summed E-state index contributed by atoms with van der Waals surface area (Å²) in [4.78, 5) is 22.9. The van der Waals surface area contributed by atoms with E-state index >= 15 is 0 Å². The predicted octanol–water partition coefficient (Wildman–Crippen LogP) is 3.75. The van der Waals surface area contributed by atoms with Crippen LogP contribution in [0.1, 0.15) is 15.9 Å². The van der Waals surface area contributed by atoms with Crippen LogP contribution >= 0.6 is 0 Å². The van der Waals surface area contributed by atoms with Crippen molar-refractivity contribution in [1.82, 2.24) is 0 Å². The number of alkyl halides is 3. The number of nitrogens with one attached hydrogen (secondary N) is 2. The van der Waals surface area contributed by atoms with E-state index in [4.69, 9.17) is 0 Å². The largest absolute Gasteiger partial charge is 0.471 e. The Balaban J connectivity index is 2.11. The fraction of sp³-hybridized carbons (Fsp3) is 0.125. The molecule has 2 N–H and O–H groups in total. The highest BCUT2D eigenvalue weighted by Gasteiger charge is 2.38. The molecule has 0 unspecified atom stereocenters. The highest BCUT2D eigenvalue weighted by molar-refractivity contribution is 6.04. The van der Waals surface area contributed by atoms with Gasteiger partial charge in [-0.1, -0.05) is 18.2 Å². The van der Waals surface area contributed by atoms with Gasteiger partial charge in [0, 0.05) is 16.9 Å². The third-order valence-electron chi connectivity index (χ3n) is 3.03. The van der Waals surface area contributed by atoms with Crippen LogP contribution in [0.25, 0.3) is 0 Å². The molecule has 0 aromatic heterocycles. The number of hydrogen-bond acceptors (Lipinski definition) is 2. The van der Waals surface area contributed by atoms with Gasteiger partial charge in [0.2, 0.25) is 0 Å². The van der Waals surface area contributed by atoms with Gasteiger partial charge >= 0.3 is 12.1 Å². The van der Waals surface area contributed by atoms with Crippen molar-refractivity contribution in [2.45, 2.75) is 13.1 Å². The SMILES string of the molecule is Cc1cc(NC(=O)C(F)(F)F)ccc1NC(=O)c1ccccc1. The predicted molar refractivity (Wildman–Crippen MR) is 80.3 cm³/mol. The van der Waals surface area contributed by atoms with E-state index in [0.717, 1.165) is 0 Å². The summed E-state index contributed by atoms with van der Waals surface area (Å²) in [6, 6.07) is 12.6. The Kier molecular flexibility index (Phi) is 4.68. The van der Waals surface area contributed by atoms with Crippen molar-refractivity contribution in [3.05, 3.63) is 59.7 Å². The van der Waals surface area contributed by atoms with Crippen molar-refractivity contribution >= 4 is 23.2 Å². The minimum absolute atomic E-state index is 0.00235. The number of carbonyl (C=O) groups excluding carboxylic acids is 2. The first-order valence-corrected chi connectivity index (χ1v) is 6.62. The van der Waals surface area contributed by atoms with Crippen LogP contribution in [0.2, 0.25) is 0 Å². The molecule has 0 aliphatic heterocycles. The maximum atomic E-state index is 12.2. The molecule has 0 spiro atoms. The molecule has 0 aliphatic carbocycles. The number of aryl methyl sites for hydroxylation is 1. The highest BCUT2D eigenvalue weighted by Crippen LogP contribution is 2.23. The molecule has 0 saturated heterocycles. The van der Waals surface area contributed by atoms with E-state index in [1.165, 1.54) is 18.2 Å². The average Bonchev–Trinajstić information content (AvgIpc) is 2.50. The van der Waals surface area contributed by atoms with E-state index in [2.05, 4.69) is 5.32 Å². The van der Waals surface area contributed by atoms with Crippen molar-refractivity contribution in [2.24, 2.45) is 0 Å². The second-order valence-electron chi connectivity index (χ2n) is 4.80. The molecule has 0 fully saturated rings. The molecule has 120 valence electrons. The zero-order valence-corrected chi connectivity index (χ0v) is 12.1. The van der Waals surface area contributed by atoms with Crippen molar-refractivity contribution in [2.75, 3.05) is 10.6 Å². The molecule has 2 rings (SSSR count). The van der Waals surface area contributed by atoms with Crippen molar-refractivity contribution in [3.8, 4) is 0 Å². The minimum atomic E-state index is -4.95. The van der Waals surface area contributed by atoms with Crippen LogP contribution < -0.4 is 10.6 Å². The lowest BCUT2D eigenvalue weighted by Crippen LogP contribution is -2.29. The van der Waals surface area contributed by atoms with Crippen molar-refractivity contribution < 1.29 is 22.8 Å². The fourth-order valence-corrected chi connectivity index (χ4v) is 1.87. The lowest BCUT2D eigenvalue weighted by molar-refractivity contribution is -0.167. The summed E-state index contributed by atoms with van der Waals surface area (Å²) in [6.07, 6.45) is -4.95.